The van der Waals surface area contributed by atoms with Crippen molar-refractivity contribution in [2.24, 2.45) is 5.92 Å². The summed E-state index contributed by atoms with van der Waals surface area (Å²) in [7, 11) is 1.58. The van der Waals surface area contributed by atoms with Crippen LogP contribution in [0.5, 0.6) is 0 Å². The minimum absolute atomic E-state index is 0. The molecule has 0 aromatic carbocycles. The molecule has 2 fully saturated rings. The van der Waals surface area contributed by atoms with Gasteiger partial charge >= 0.3 is 29.6 Å². The summed E-state index contributed by atoms with van der Waals surface area (Å²) in [6, 6.07) is -0.113. The molecule has 1 unspecified atom stereocenters. The summed E-state index contributed by atoms with van der Waals surface area (Å²) in [5, 5.41) is 11.4. The minimum Gasteiger partial charge on any atom is -0.543 e. The average molecular weight is 285 g/mol. The van der Waals surface area contributed by atoms with Crippen molar-refractivity contribution in [1.29, 1.82) is 0 Å². The monoisotopic (exact) mass is 285 g/mol. The van der Waals surface area contributed by atoms with Crippen molar-refractivity contribution < 1.29 is 49.0 Å². The first-order valence-electron chi connectivity index (χ1n) is 6.59. The molecule has 3 rings (SSSR count). The third-order valence-corrected chi connectivity index (χ3v) is 4.47. The van der Waals surface area contributed by atoms with Crippen molar-refractivity contribution in [2.75, 3.05) is 7.11 Å². The molecule has 1 saturated carbocycles. The average Bonchev–Trinajstić information content (AvgIpc) is 2.70. The first-order chi connectivity index (χ1) is 9.11. The smallest absolute Gasteiger partial charge is 0.543 e. The van der Waals surface area contributed by atoms with E-state index in [4.69, 9.17) is 4.74 Å². The number of rotatable bonds is 2. The van der Waals surface area contributed by atoms with E-state index in [1.165, 1.54) is 4.90 Å². The van der Waals surface area contributed by atoms with Crippen LogP contribution < -0.4 is 34.7 Å². The van der Waals surface area contributed by atoms with Crippen molar-refractivity contribution >= 4 is 11.9 Å². The number of hydrogen-bond acceptors (Lipinski definition) is 4. The summed E-state index contributed by atoms with van der Waals surface area (Å²) in [5.41, 5.74) is 1.52. The van der Waals surface area contributed by atoms with Crippen molar-refractivity contribution in [3.8, 4) is 0 Å². The van der Waals surface area contributed by atoms with E-state index in [0.29, 0.717) is 0 Å². The number of carboxylic acids is 1. The molecule has 1 amide bonds. The van der Waals surface area contributed by atoms with Crippen molar-refractivity contribution in [3.05, 3.63) is 22.9 Å². The van der Waals surface area contributed by atoms with Gasteiger partial charge in [-0.2, -0.15) is 0 Å². The van der Waals surface area contributed by atoms with Gasteiger partial charge in [-0.3, -0.25) is 9.69 Å². The van der Waals surface area contributed by atoms with Crippen molar-refractivity contribution in [3.63, 3.8) is 0 Å². The Morgan fingerprint density at radius 3 is 2.70 bits per heavy atom. The number of amides is 1. The van der Waals surface area contributed by atoms with Crippen LogP contribution in [0.15, 0.2) is 22.9 Å². The fraction of sp³-hybridized carbons (Fsp3) is 0.571. The van der Waals surface area contributed by atoms with Crippen molar-refractivity contribution in [1.82, 2.24) is 4.90 Å². The first kappa shape index (κ1) is 15.8. The normalized spacial score (nSPS) is 33.5. The van der Waals surface area contributed by atoms with Gasteiger partial charge in [0.2, 0.25) is 0 Å². The number of nitrogens with zero attached hydrogens (tertiary/aromatic N) is 1. The summed E-state index contributed by atoms with van der Waals surface area (Å²) >= 11 is 0. The van der Waals surface area contributed by atoms with Gasteiger partial charge in [0.25, 0.3) is 5.91 Å². The van der Waals surface area contributed by atoms with E-state index < -0.39 is 5.97 Å². The Hall–Kier alpha value is -0.620. The van der Waals surface area contributed by atoms with E-state index in [1.807, 2.05) is 6.92 Å². The van der Waals surface area contributed by atoms with Crippen LogP contribution in [-0.4, -0.2) is 36.0 Å². The van der Waals surface area contributed by atoms with Crippen LogP contribution in [0.2, 0.25) is 0 Å². The Labute approximate surface area is 139 Å². The predicted octanol–water partition coefficient (Wildman–Crippen LogP) is -3.02. The van der Waals surface area contributed by atoms with Gasteiger partial charge < -0.3 is 14.6 Å². The molecule has 102 valence electrons. The van der Waals surface area contributed by atoms with Gasteiger partial charge in [0.1, 0.15) is 0 Å². The molecule has 0 spiro atoms. The van der Waals surface area contributed by atoms with Crippen LogP contribution in [0.1, 0.15) is 26.2 Å². The molecule has 6 heteroatoms. The molecular weight excluding hydrogens is 269 g/mol. The molecule has 3 aliphatic rings. The molecule has 0 radical (unpaired) electrons. The molecule has 2 heterocycles. The van der Waals surface area contributed by atoms with E-state index in [0.717, 1.165) is 30.4 Å². The van der Waals surface area contributed by atoms with Gasteiger partial charge in [0.05, 0.1) is 23.8 Å². The van der Waals surface area contributed by atoms with Crippen molar-refractivity contribution in [2.45, 2.75) is 38.3 Å². The molecule has 1 aliphatic carbocycles. The first-order valence-corrected chi connectivity index (χ1v) is 6.59. The summed E-state index contributed by atoms with van der Waals surface area (Å²) < 4.78 is 5.41. The zero-order chi connectivity index (χ0) is 13.7. The van der Waals surface area contributed by atoms with Crippen LogP contribution in [0.25, 0.3) is 0 Å². The number of ether oxygens (including phenoxy) is 1. The maximum atomic E-state index is 12.0. The summed E-state index contributed by atoms with van der Waals surface area (Å²) in [6.07, 6.45) is 4.28. The number of β-lactam (4-membered cyclic amide) rings is 1. The standard InChI is InChI=1S/C14H17NO4.Na/c1-3-7-11-8-5-4-6-9(19-2)10(8)12(14(17)18)15(11)13(7)16;/h3,8-9,11H,4-6H2,1-2H3,(H,17,18);/q;+1/p-1/b7-3+;/t8-,9-,11?;/m0./s1. The minimum atomic E-state index is -1.27. The van der Waals surface area contributed by atoms with Crippen LogP contribution in [0.4, 0.5) is 0 Å². The molecule has 0 bridgehead atoms. The van der Waals surface area contributed by atoms with E-state index >= 15 is 0 Å². The van der Waals surface area contributed by atoms with Gasteiger partial charge in [-0.05, 0) is 31.8 Å². The maximum Gasteiger partial charge on any atom is 1.00 e. The second-order valence-electron chi connectivity index (χ2n) is 5.22. The zero-order valence-electron chi connectivity index (χ0n) is 12.0. The van der Waals surface area contributed by atoms with Crippen LogP contribution >= 0.6 is 0 Å². The summed E-state index contributed by atoms with van der Waals surface area (Å²) in [5.74, 6) is -1.39. The molecule has 1 saturated heterocycles. The fourth-order valence-electron chi connectivity index (χ4n) is 3.73. The number of carbonyl (C=O) groups excluding carboxylic acids is 2. The molecule has 5 nitrogen and oxygen atoms in total. The number of carbonyl (C=O) groups is 2. The molecule has 0 aromatic heterocycles. The van der Waals surface area contributed by atoms with Gasteiger partial charge in [-0.25, -0.2) is 0 Å². The van der Waals surface area contributed by atoms with E-state index in [1.54, 1.807) is 13.2 Å². The fourth-order valence-corrected chi connectivity index (χ4v) is 3.73. The third-order valence-electron chi connectivity index (χ3n) is 4.47. The second-order valence-corrected chi connectivity index (χ2v) is 5.22. The molecule has 20 heavy (non-hydrogen) atoms. The maximum absolute atomic E-state index is 12.0. The number of carboxylic acid groups (broad SMARTS) is 1. The van der Waals surface area contributed by atoms with E-state index in [2.05, 4.69) is 0 Å². The molecule has 3 atom stereocenters. The number of hydrogen-bond donors (Lipinski definition) is 0. The quantitative estimate of drug-likeness (QED) is 0.308. The molecular formula is C14H16NNaO4. The summed E-state index contributed by atoms with van der Waals surface area (Å²) in [6.45, 7) is 1.82. The number of aliphatic carboxylic acids is 1. The van der Waals surface area contributed by atoms with Gasteiger partial charge in [0, 0.05) is 18.6 Å². The zero-order valence-corrected chi connectivity index (χ0v) is 14.0. The van der Waals surface area contributed by atoms with Gasteiger partial charge in [-0.15, -0.1) is 0 Å². The van der Waals surface area contributed by atoms with E-state index in [9.17, 15) is 14.7 Å². The Morgan fingerprint density at radius 2 is 2.15 bits per heavy atom. The van der Waals surface area contributed by atoms with E-state index in [-0.39, 0.29) is 59.2 Å². The predicted molar refractivity (Wildman–Crippen MR) is 64.6 cm³/mol. The third kappa shape index (κ3) is 1.91. The Kier molecular flexibility index (Phi) is 4.44. The van der Waals surface area contributed by atoms with Gasteiger partial charge in [-0.1, -0.05) is 6.08 Å². The van der Waals surface area contributed by atoms with Crippen LogP contribution in [0.3, 0.4) is 0 Å². The van der Waals surface area contributed by atoms with Gasteiger partial charge in [0.15, 0.2) is 0 Å². The molecule has 0 N–H and O–H groups in total. The Morgan fingerprint density at radius 1 is 1.45 bits per heavy atom. The second kappa shape index (κ2) is 5.64. The number of allylic oxidation sites excluding steroid dienone is 1. The molecule has 0 aromatic rings. The van der Waals surface area contributed by atoms with Crippen LogP contribution in [0, 0.1) is 5.92 Å². The Balaban J connectivity index is 0.00000147. The summed E-state index contributed by atoms with van der Waals surface area (Å²) in [4.78, 5) is 24.8. The van der Waals surface area contributed by atoms with Crippen LogP contribution in [-0.2, 0) is 14.3 Å². The molecule has 2 aliphatic heterocycles. The number of methoxy groups -OCH3 is 1. The number of fused-ring (bicyclic) bond motifs is 3. The largest absolute Gasteiger partial charge is 1.00 e. The SMILES string of the molecule is C/C=C1/C(=O)N2C(C(=O)[O-])=C3[C@@H](OC)CCC[C@@H]3C12.[Na+]. The topological polar surface area (TPSA) is 69.7 Å². The Bertz CT molecular complexity index is 525.